The van der Waals surface area contributed by atoms with Crippen LogP contribution >= 0.6 is 0 Å². The van der Waals surface area contributed by atoms with Crippen LogP contribution in [0.25, 0.3) is 0 Å². The lowest BCUT2D eigenvalue weighted by Crippen LogP contribution is -1.92. The Morgan fingerprint density at radius 1 is 1.33 bits per heavy atom. The van der Waals surface area contributed by atoms with Gasteiger partial charge >= 0.3 is 0 Å². The molecule has 0 saturated heterocycles. The third kappa shape index (κ3) is 11.8. The van der Waals surface area contributed by atoms with Gasteiger partial charge in [-0.15, -0.1) is 0 Å². The van der Waals surface area contributed by atoms with E-state index in [4.69, 9.17) is 5.41 Å². The molecule has 0 aromatic rings. The fourth-order valence-electron chi connectivity index (χ4n) is 0.384. The summed E-state index contributed by atoms with van der Waals surface area (Å²) in [6.07, 6.45) is 2.80. The fraction of sp³-hybridized carbons (Fsp3) is 0.667. The van der Waals surface area contributed by atoms with E-state index < -0.39 is 0 Å². The van der Waals surface area contributed by atoms with Gasteiger partial charge in [0.15, 0.2) is 0 Å². The minimum absolute atomic E-state index is 0.441. The lowest BCUT2D eigenvalue weighted by atomic mass is 10.2. The molecule has 0 aliphatic heterocycles. The maximum Gasteiger partial charge on any atom is 0.126 e. The lowest BCUT2D eigenvalue weighted by molar-refractivity contribution is 0.908. The Labute approximate surface area is 75.1 Å². The third-order valence-electron chi connectivity index (χ3n) is 0.811. The average molecular weight is 169 g/mol. The third-order valence-corrected chi connectivity index (χ3v) is 0.811. The summed E-state index contributed by atoms with van der Waals surface area (Å²) in [7, 11) is 0. The zero-order valence-electron chi connectivity index (χ0n) is 8.63. The van der Waals surface area contributed by atoms with Crippen LogP contribution in [0.4, 0.5) is 0 Å². The molecule has 3 nitrogen and oxygen atoms in total. The summed E-state index contributed by atoms with van der Waals surface area (Å²) < 4.78 is 0. The van der Waals surface area contributed by atoms with Crippen LogP contribution in [-0.2, 0) is 0 Å². The van der Waals surface area contributed by atoms with Crippen molar-refractivity contribution in [3.05, 3.63) is 0 Å². The smallest absolute Gasteiger partial charge is 0.126 e. The SMILES string of the molecule is CC.CC(N=CC(C)C)=NC=N. The van der Waals surface area contributed by atoms with Crippen LogP contribution in [0.2, 0.25) is 0 Å². The Balaban J connectivity index is 0. The number of rotatable bonds is 2. The van der Waals surface area contributed by atoms with Gasteiger partial charge in [-0.2, -0.15) is 0 Å². The minimum Gasteiger partial charge on any atom is -0.289 e. The van der Waals surface area contributed by atoms with Crippen molar-refractivity contribution in [1.29, 1.82) is 5.41 Å². The molecule has 0 unspecified atom stereocenters. The van der Waals surface area contributed by atoms with Gasteiger partial charge in [0.25, 0.3) is 0 Å². The van der Waals surface area contributed by atoms with Crippen molar-refractivity contribution in [2.24, 2.45) is 15.9 Å². The first-order valence-corrected chi connectivity index (χ1v) is 4.24. The Morgan fingerprint density at radius 3 is 2.17 bits per heavy atom. The monoisotopic (exact) mass is 169 g/mol. The molecule has 0 aliphatic rings. The predicted molar refractivity (Wildman–Crippen MR) is 56.6 cm³/mol. The van der Waals surface area contributed by atoms with E-state index >= 15 is 0 Å². The Morgan fingerprint density at radius 2 is 1.83 bits per heavy atom. The van der Waals surface area contributed by atoms with Crippen molar-refractivity contribution in [3.8, 4) is 0 Å². The van der Waals surface area contributed by atoms with Gasteiger partial charge < -0.3 is 0 Å². The highest BCUT2D eigenvalue weighted by Crippen LogP contribution is 1.86. The zero-order chi connectivity index (χ0) is 9.98. The van der Waals surface area contributed by atoms with Crippen molar-refractivity contribution in [2.75, 3.05) is 0 Å². The maximum absolute atomic E-state index is 6.63. The van der Waals surface area contributed by atoms with Crippen LogP contribution in [-0.4, -0.2) is 18.4 Å². The Bertz CT molecular complexity index is 157. The highest BCUT2D eigenvalue weighted by molar-refractivity contribution is 5.92. The van der Waals surface area contributed by atoms with E-state index in [0.717, 1.165) is 6.34 Å². The number of nitrogens with zero attached hydrogens (tertiary/aromatic N) is 2. The Hall–Kier alpha value is -0.990. The number of hydrogen-bond donors (Lipinski definition) is 1. The molecule has 1 N–H and O–H groups in total. The van der Waals surface area contributed by atoms with Gasteiger partial charge in [-0.25, -0.2) is 9.98 Å². The van der Waals surface area contributed by atoms with Gasteiger partial charge in [0.05, 0.1) is 0 Å². The van der Waals surface area contributed by atoms with Crippen LogP contribution in [0.5, 0.6) is 0 Å². The normalized spacial score (nSPS) is 11.3. The van der Waals surface area contributed by atoms with Gasteiger partial charge in [-0.05, 0) is 12.8 Å². The first-order valence-electron chi connectivity index (χ1n) is 4.24. The molecule has 0 saturated carbocycles. The molecular weight excluding hydrogens is 150 g/mol. The van der Waals surface area contributed by atoms with Crippen LogP contribution in [0.3, 0.4) is 0 Å². The molecule has 0 amide bonds. The van der Waals surface area contributed by atoms with Gasteiger partial charge in [-0.1, -0.05) is 27.7 Å². The highest BCUT2D eigenvalue weighted by atomic mass is 14.9. The van der Waals surface area contributed by atoms with Gasteiger partial charge in [-0.3, -0.25) is 5.41 Å². The number of hydrogen-bond acceptors (Lipinski definition) is 1. The molecule has 0 aliphatic carbocycles. The second kappa shape index (κ2) is 10.0. The second-order valence-electron chi connectivity index (χ2n) is 2.33. The van der Waals surface area contributed by atoms with E-state index in [9.17, 15) is 0 Å². The molecule has 0 heterocycles. The van der Waals surface area contributed by atoms with E-state index in [1.807, 2.05) is 33.9 Å². The molecular formula is C9H19N3. The van der Waals surface area contributed by atoms with Gasteiger partial charge in [0.1, 0.15) is 12.2 Å². The van der Waals surface area contributed by atoms with E-state index in [0.29, 0.717) is 11.8 Å². The topological polar surface area (TPSA) is 48.6 Å². The average Bonchev–Trinajstić information content (AvgIpc) is 2.05. The van der Waals surface area contributed by atoms with Crippen LogP contribution in [0.15, 0.2) is 9.98 Å². The van der Waals surface area contributed by atoms with Crippen molar-refractivity contribution in [2.45, 2.75) is 34.6 Å². The molecule has 0 rings (SSSR count). The molecule has 0 spiro atoms. The summed E-state index contributed by atoms with van der Waals surface area (Å²) in [5.74, 6) is 1.07. The molecule has 0 fully saturated rings. The van der Waals surface area contributed by atoms with Crippen LogP contribution in [0, 0.1) is 11.3 Å². The number of nitrogens with one attached hydrogen (secondary N) is 1. The molecule has 3 heteroatoms. The van der Waals surface area contributed by atoms with Crippen molar-refractivity contribution >= 4 is 18.4 Å². The predicted octanol–water partition coefficient (Wildman–Crippen LogP) is 2.76. The summed E-state index contributed by atoms with van der Waals surface area (Å²) in [6.45, 7) is 9.85. The van der Waals surface area contributed by atoms with E-state index in [1.54, 1.807) is 6.92 Å². The van der Waals surface area contributed by atoms with Gasteiger partial charge in [0.2, 0.25) is 0 Å². The second-order valence-corrected chi connectivity index (χ2v) is 2.33. The molecule has 0 atom stereocenters. The van der Waals surface area contributed by atoms with Crippen molar-refractivity contribution < 1.29 is 0 Å². The summed E-state index contributed by atoms with van der Waals surface area (Å²) in [4.78, 5) is 7.64. The highest BCUT2D eigenvalue weighted by Gasteiger charge is 1.85. The molecule has 0 aromatic carbocycles. The number of aliphatic imine (C=N–C) groups is 2. The Kier molecular flexibility index (Phi) is 11.3. The van der Waals surface area contributed by atoms with Crippen LogP contribution < -0.4 is 0 Å². The molecule has 0 aromatic heterocycles. The first-order chi connectivity index (χ1) is 5.66. The first kappa shape index (κ1) is 13.6. The summed E-state index contributed by atoms with van der Waals surface area (Å²) >= 11 is 0. The molecule has 70 valence electrons. The molecule has 0 radical (unpaired) electrons. The maximum atomic E-state index is 6.63. The van der Waals surface area contributed by atoms with E-state index in [-0.39, 0.29) is 0 Å². The van der Waals surface area contributed by atoms with Crippen LogP contribution in [0.1, 0.15) is 34.6 Å². The standard InChI is InChI=1S/C7H13N3.C2H6/c1-6(2)4-9-7(3)10-5-8;1-2/h4-6,8H,1-3H3;1-2H3. The zero-order valence-corrected chi connectivity index (χ0v) is 8.63. The fourth-order valence-corrected chi connectivity index (χ4v) is 0.384. The molecule has 12 heavy (non-hydrogen) atoms. The summed E-state index contributed by atoms with van der Waals surface area (Å²) in [5, 5.41) is 6.63. The summed E-state index contributed by atoms with van der Waals surface area (Å²) in [5.41, 5.74) is 0. The number of amidine groups is 1. The van der Waals surface area contributed by atoms with Crippen molar-refractivity contribution in [1.82, 2.24) is 0 Å². The van der Waals surface area contributed by atoms with E-state index in [2.05, 4.69) is 9.98 Å². The van der Waals surface area contributed by atoms with Gasteiger partial charge in [0, 0.05) is 6.21 Å². The van der Waals surface area contributed by atoms with Crippen molar-refractivity contribution in [3.63, 3.8) is 0 Å². The summed E-state index contributed by atoms with van der Waals surface area (Å²) in [6, 6.07) is 0. The molecule has 0 bridgehead atoms. The largest absolute Gasteiger partial charge is 0.289 e. The minimum atomic E-state index is 0.441. The quantitative estimate of drug-likeness (QED) is 0.488. The van der Waals surface area contributed by atoms with E-state index in [1.165, 1.54) is 0 Å². The lowest BCUT2D eigenvalue weighted by Gasteiger charge is -1.91.